The molecule has 0 unspecified atom stereocenters. The predicted octanol–water partition coefficient (Wildman–Crippen LogP) is 2.74. The van der Waals surface area contributed by atoms with Crippen molar-refractivity contribution < 1.29 is 9.59 Å². The van der Waals surface area contributed by atoms with E-state index in [9.17, 15) is 9.59 Å². The van der Waals surface area contributed by atoms with Gasteiger partial charge in [0.15, 0.2) is 5.11 Å². The van der Waals surface area contributed by atoms with Gasteiger partial charge in [-0.15, -0.1) is 0 Å². The van der Waals surface area contributed by atoms with Crippen LogP contribution in [0, 0.1) is 12.3 Å². The van der Waals surface area contributed by atoms with Gasteiger partial charge in [0.2, 0.25) is 5.91 Å². The van der Waals surface area contributed by atoms with E-state index in [1.165, 1.54) is 6.21 Å². The Bertz CT molecular complexity index is 1050. The molecule has 0 bridgehead atoms. The third-order valence-corrected chi connectivity index (χ3v) is 6.29. The van der Waals surface area contributed by atoms with Gasteiger partial charge in [0.1, 0.15) is 5.54 Å². The van der Waals surface area contributed by atoms with E-state index >= 15 is 0 Å². The molecule has 1 aromatic heterocycles. The molecule has 2 heterocycles. The molecule has 1 aliphatic carbocycles. The molecule has 2 fully saturated rings. The van der Waals surface area contributed by atoms with E-state index < -0.39 is 5.54 Å². The number of carbonyl (C=O) groups is 2. The minimum absolute atomic E-state index is 0.0306. The highest BCUT2D eigenvalue weighted by atomic mass is 32.1. The molecular weight excluding hydrogens is 398 g/mol. The molecule has 2 aromatic rings. The molecule has 1 aliphatic heterocycles. The van der Waals surface area contributed by atoms with E-state index in [-0.39, 0.29) is 11.8 Å². The number of likely N-dealkylation sites (N-methyl/N-ethyl adjacent to an activating group) is 1. The van der Waals surface area contributed by atoms with Crippen LogP contribution in [0.25, 0.3) is 0 Å². The zero-order valence-corrected chi connectivity index (χ0v) is 17.8. The van der Waals surface area contributed by atoms with Gasteiger partial charge >= 0.3 is 0 Å². The topological polar surface area (TPSA) is 89.4 Å². The van der Waals surface area contributed by atoms with E-state index in [0.717, 1.165) is 36.1 Å². The second-order valence-corrected chi connectivity index (χ2v) is 8.07. The summed E-state index contributed by atoms with van der Waals surface area (Å²) in [5, 5.41) is 10.5. The van der Waals surface area contributed by atoms with Crippen molar-refractivity contribution in [1.82, 2.24) is 10.3 Å². The van der Waals surface area contributed by atoms with Gasteiger partial charge < -0.3 is 15.6 Å². The first-order valence-electron chi connectivity index (χ1n) is 9.86. The normalized spacial score (nSPS) is 17.3. The molecule has 0 atom stereocenters. The first kappa shape index (κ1) is 20.2. The number of rotatable bonds is 5. The molecule has 30 heavy (non-hydrogen) atoms. The summed E-state index contributed by atoms with van der Waals surface area (Å²) in [5.41, 5.74) is 3.09. The van der Waals surface area contributed by atoms with Crippen LogP contribution in [0.15, 0.2) is 36.5 Å². The summed E-state index contributed by atoms with van der Waals surface area (Å²) in [6, 6.07) is 9.49. The number of nitrogens with one attached hydrogen (secondary N) is 2. The van der Waals surface area contributed by atoms with Crippen LogP contribution in [-0.4, -0.2) is 40.7 Å². The van der Waals surface area contributed by atoms with Crippen LogP contribution in [0.1, 0.15) is 36.1 Å². The number of benzene rings is 1. The number of carbonyl (C=O) groups excluding carboxylic acids is 2. The maximum atomic E-state index is 13.5. The fourth-order valence-corrected chi connectivity index (χ4v) is 4.56. The van der Waals surface area contributed by atoms with Crippen LogP contribution in [0.4, 0.5) is 11.4 Å². The van der Waals surface area contributed by atoms with Crippen molar-refractivity contribution in [2.45, 2.75) is 38.1 Å². The van der Waals surface area contributed by atoms with Gasteiger partial charge in [-0.2, -0.15) is 0 Å². The standard InChI is InChI=1S/C22H23N5O2S/c1-14-10-17(13-25-18(14)12-23)26-20(29)22(8-3-9-22)27(21(26)30)16-6-4-15(5-7-16)11-19(28)24-2/h4-7,10,12-13,23H,3,8-9,11H2,1-2H3,(H,24,28). The van der Waals surface area contributed by atoms with Crippen molar-refractivity contribution in [3.63, 3.8) is 0 Å². The van der Waals surface area contributed by atoms with Crippen molar-refractivity contribution in [2.75, 3.05) is 16.8 Å². The van der Waals surface area contributed by atoms with Crippen LogP contribution in [0.3, 0.4) is 0 Å². The fraction of sp³-hybridized carbons (Fsp3) is 0.318. The summed E-state index contributed by atoms with van der Waals surface area (Å²) in [6.07, 6.45) is 5.56. The average Bonchev–Trinajstić information content (AvgIpc) is 2.95. The highest BCUT2D eigenvalue weighted by Crippen LogP contribution is 2.47. The molecule has 1 aromatic carbocycles. The van der Waals surface area contributed by atoms with E-state index in [0.29, 0.717) is 22.9 Å². The Kier molecular flexibility index (Phi) is 5.11. The highest BCUT2D eigenvalue weighted by Gasteiger charge is 2.59. The molecule has 2 N–H and O–H groups in total. The minimum atomic E-state index is -0.659. The molecule has 154 valence electrons. The van der Waals surface area contributed by atoms with Crippen LogP contribution < -0.4 is 15.1 Å². The number of thiocarbonyl (C=S) groups is 1. The van der Waals surface area contributed by atoms with Crippen molar-refractivity contribution in [3.8, 4) is 0 Å². The number of pyridine rings is 1. The van der Waals surface area contributed by atoms with Gasteiger partial charge in [0.05, 0.1) is 24.0 Å². The largest absolute Gasteiger partial charge is 0.359 e. The van der Waals surface area contributed by atoms with Gasteiger partial charge in [-0.25, -0.2) is 0 Å². The first-order chi connectivity index (χ1) is 14.4. The molecular formula is C22H23N5O2S. The molecule has 7 nitrogen and oxygen atoms in total. The number of aryl methyl sites for hydroxylation is 1. The lowest BCUT2D eigenvalue weighted by Crippen LogP contribution is -2.55. The van der Waals surface area contributed by atoms with Gasteiger partial charge in [-0.05, 0) is 67.7 Å². The smallest absolute Gasteiger partial charge is 0.259 e. The van der Waals surface area contributed by atoms with Crippen LogP contribution in [-0.2, 0) is 16.0 Å². The van der Waals surface area contributed by atoms with E-state index in [4.69, 9.17) is 17.6 Å². The van der Waals surface area contributed by atoms with Crippen molar-refractivity contribution in [1.29, 1.82) is 5.41 Å². The number of hydrogen-bond donors (Lipinski definition) is 2. The zero-order valence-electron chi connectivity index (χ0n) is 16.9. The second-order valence-electron chi connectivity index (χ2n) is 7.70. The first-order valence-corrected chi connectivity index (χ1v) is 10.3. The summed E-state index contributed by atoms with van der Waals surface area (Å²) >= 11 is 5.77. The quantitative estimate of drug-likeness (QED) is 0.572. The molecule has 8 heteroatoms. The molecule has 2 aliphatic rings. The Morgan fingerprint density at radius 2 is 2.00 bits per heavy atom. The molecule has 1 saturated heterocycles. The Morgan fingerprint density at radius 3 is 2.53 bits per heavy atom. The molecule has 0 radical (unpaired) electrons. The SMILES string of the molecule is CNC(=O)Cc1ccc(N2C(=S)N(c3cnc(C=N)c(C)c3)C(=O)C23CCC3)cc1. The van der Waals surface area contributed by atoms with Gasteiger partial charge in [-0.3, -0.25) is 19.5 Å². The van der Waals surface area contributed by atoms with E-state index in [2.05, 4.69) is 10.3 Å². The summed E-state index contributed by atoms with van der Waals surface area (Å²) in [4.78, 5) is 32.9. The molecule has 4 rings (SSSR count). The Morgan fingerprint density at radius 1 is 1.30 bits per heavy atom. The summed E-state index contributed by atoms with van der Waals surface area (Å²) in [5.74, 6) is -0.0792. The fourth-order valence-electron chi connectivity index (χ4n) is 4.09. The lowest BCUT2D eigenvalue weighted by Gasteiger charge is -2.43. The molecule has 2 amide bonds. The van der Waals surface area contributed by atoms with Crippen molar-refractivity contribution >= 4 is 46.7 Å². The summed E-state index contributed by atoms with van der Waals surface area (Å²) in [7, 11) is 1.62. The number of aromatic nitrogens is 1. The number of hydrogen-bond acceptors (Lipinski definition) is 5. The monoisotopic (exact) mass is 421 g/mol. The average molecular weight is 422 g/mol. The number of amides is 2. The lowest BCUT2D eigenvalue weighted by molar-refractivity contribution is -0.124. The summed E-state index contributed by atoms with van der Waals surface area (Å²) < 4.78 is 0. The van der Waals surface area contributed by atoms with E-state index in [1.54, 1.807) is 18.1 Å². The van der Waals surface area contributed by atoms with Gasteiger partial charge in [0, 0.05) is 18.9 Å². The van der Waals surface area contributed by atoms with Gasteiger partial charge in [-0.1, -0.05) is 12.1 Å². The third kappa shape index (κ3) is 3.08. The van der Waals surface area contributed by atoms with Crippen molar-refractivity contribution in [3.05, 3.63) is 53.3 Å². The van der Waals surface area contributed by atoms with Crippen LogP contribution in [0.5, 0.6) is 0 Å². The Hall–Kier alpha value is -3.13. The van der Waals surface area contributed by atoms with Crippen LogP contribution in [0.2, 0.25) is 0 Å². The minimum Gasteiger partial charge on any atom is -0.359 e. The maximum Gasteiger partial charge on any atom is 0.259 e. The second kappa shape index (κ2) is 7.60. The van der Waals surface area contributed by atoms with E-state index in [1.807, 2.05) is 42.2 Å². The molecule has 1 spiro atoms. The maximum absolute atomic E-state index is 13.5. The number of nitrogens with zero attached hydrogens (tertiary/aromatic N) is 3. The zero-order chi connectivity index (χ0) is 21.5. The van der Waals surface area contributed by atoms with Crippen molar-refractivity contribution in [2.24, 2.45) is 0 Å². The number of anilines is 2. The Balaban J connectivity index is 1.69. The lowest BCUT2D eigenvalue weighted by atomic mass is 9.75. The Labute approximate surface area is 180 Å². The molecule has 1 saturated carbocycles. The van der Waals surface area contributed by atoms with Crippen LogP contribution >= 0.6 is 12.2 Å². The van der Waals surface area contributed by atoms with Gasteiger partial charge in [0.25, 0.3) is 5.91 Å². The third-order valence-electron chi connectivity index (χ3n) is 5.93. The highest BCUT2D eigenvalue weighted by molar-refractivity contribution is 7.81. The predicted molar refractivity (Wildman–Crippen MR) is 120 cm³/mol. The summed E-state index contributed by atoms with van der Waals surface area (Å²) in [6.45, 7) is 1.86.